The van der Waals surface area contributed by atoms with Gasteiger partial charge >= 0.3 is 0 Å². The molecule has 1 amide bonds. The van der Waals surface area contributed by atoms with Crippen molar-refractivity contribution >= 4 is 56.6 Å². The Morgan fingerprint density at radius 2 is 1.69 bits per heavy atom. The normalized spacial score (nSPS) is 10.9. The lowest BCUT2D eigenvalue weighted by atomic mass is 9.96. The van der Waals surface area contributed by atoms with Crippen molar-refractivity contribution < 1.29 is 13.2 Å². The fourth-order valence-electron chi connectivity index (χ4n) is 3.85. The number of anilines is 3. The molecular formula is C28H23ClN8O3S2. The zero-order valence-electron chi connectivity index (χ0n) is 22.1. The van der Waals surface area contributed by atoms with Crippen molar-refractivity contribution in [2.24, 2.45) is 0 Å². The molecule has 4 rings (SSSR count). The van der Waals surface area contributed by atoms with Gasteiger partial charge in [-0.2, -0.15) is 10.5 Å². The number of nitriles is 2. The van der Waals surface area contributed by atoms with Gasteiger partial charge in [0.1, 0.15) is 28.5 Å². The summed E-state index contributed by atoms with van der Waals surface area (Å²) in [5.74, 6) is -0.0475. The second-order valence-corrected chi connectivity index (χ2v) is 11.9. The highest BCUT2D eigenvalue weighted by Crippen LogP contribution is 2.36. The minimum Gasteiger partial charge on any atom is -0.383 e. The largest absolute Gasteiger partial charge is 0.383 e. The third-order valence-electron chi connectivity index (χ3n) is 5.95. The van der Waals surface area contributed by atoms with Crippen LogP contribution in [0.15, 0.2) is 70.6 Å². The lowest BCUT2D eigenvalue weighted by Gasteiger charge is -2.13. The van der Waals surface area contributed by atoms with Gasteiger partial charge in [-0.3, -0.25) is 9.52 Å². The van der Waals surface area contributed by atoms with Crippen LogP contribution >= 0.6 is 23.4 Å². The van der Waals surface area contributed by atoms with E-state index in [4.69, 9.17) is 17.3 Å². The molecule has 0 spiro atoms. The molecular weight excluding hydrogens is 596 g/mol. The van der Waals surface area contributed by atoms with E-state index >= 15 is 0 Å². The summed E-state index contributed by atoms with van der Waals surface area (Å²) >= 11 is 6.85. The molecule has 11 nitrogen and oxygen atoms in total. The van der Waals surface area contributed by atoms with E-state index in [1.165, 1.54) is 48.2 Å². The van der Waals surface area contributed by atoms with Gasteiger partial charge in [-0.15, -0.1) is 22.0 Å². The fraction of sp³-hybridized carbons (Fsp3) is 0.143. The smallest absolute Gasteiger partial charge is 0.263 e. The number of nitrogens with one attached hydrogen (secondary N) is 2. The maximum absolute atomic E-state index is 12.6. The first-order valence-corrected chi connectivity index (χ1v) is 15.3. The molecule has 0 bridgehead atoms. The fourth-order valence-corrected chi connectivity index (χ4v) is 5.88. The Morgan fingerprint density at radius 3 is 2.29 bits per heavy atom. The Balaban J connectivity index is 1.41. The number of nitrogens with two attached hydrogens (primary N) is 1. The highest BCUT2D eigenvalue weighted by atomic mass is 35.5. The monoisotopic (exact) mass is 618 g/mol. The summed E-state index contributed by atoms with van der Waals surface area (Å²) in [5.41, 5.74) is 9.01. The van der Waals surface area contributed by atoms with Crippen LogP contribution in [0.1, 0.15) is 30.0 Å². The van der Waals surface area contributed by atoms with Crippen LogP contribution in [0.4, 0.5) is 17.3 Å². The van der Waals surface area contributed by atoms with Gasteiger partial charge in [0.25, 0.3) is 10.0 Å². The number of amides is 1. The molecule has 0 aliphatic rings. The Morgan fingerprint density at radius 1 is 1.00 bits per heavy atom. The molecule has 4 N–H and O–H groups in total. The number of pyridine rings is 1. The summed E-state index contributed by atoms with van der Waals surface area (Å²) in [6.45, 7) is 2.03. The predicted octanol–water partition coefficient (Wildman–Crippen LogP) is 5.00. The number of thioether (sulfide) groups is 1. The summed E-state index contributed by atoms with van der Waals surface area (Å²) in [5, 5.41) is 30.1. The highest BCUT2D eigenvalue weighted by molar-refractivity contribution is 7.99. The van der Waals surface area contributed by atoms with Crippen LogP contribution in [0.2, 0.25) is 5.15 Å². The topological polar surface area (TPSA) is 188 Å². The van der Waals surface area contributed by atoms with E-state index in [0.29, 0.717) is 21.8 Å². The van der Waals surface area contributed by atoms with Gasteiger partial charge in [-0.05, 0) is 53.9 Å². The first kappa shape index (κ1) is 30.3. The quantitative estimate of drug-likeness (QED) is 0.204. The third-order valence-corrected chi connectivity index (χ3v) is 8.50. The molecule has 0 saturated heterocycles. The van der Waals surface area contributed by atoms with Crippen molar-refractivity contribution in [3.63, 3.8) is 0 Å². The summed E-state index contributed by atoms with van der Waals surface area (Å²) in [4.78, 5) is 16.8. The Bertz CT molecular complexity index is 1800. The Kier molecular flexibility index (Phi) is 9.60. The number of benzene rings is 2. The number of hydrogen-bond donors (Lipinski definition) is 3. The number of nitrogens with zero attached hydrogens (tertiary/aromatic N) is 5. The number of carbonyl (C=O) groups is 1. The molecule has 0 saturated carbocycles. The van der Waals surface area contributed by atoms with Crippen molar-refractivity contribution in [3.8, 4) is 23.3 Å². The van der Waals surface area contributed by atoms with Crippen LogP contribution < -0.4 is 15.8 Å². The second-order valence-electron chi connectivity index (χ2n) is 8.72. The van der Waals surface area contributed by atoms with E-state index in [0.717, 1.165) is 12.0 Å². The number of aromatic nitrogens is 3. The third kappa shape index (κ3) is 7.14. The number of rotatable bonds is 10. The van der Waals surface area contributed by atoms with Crippen LogP contribution in [-0.2, 0) is 21.2 Å². The highest BCUT2D eigenvalue weighted by Gasteiger charge is 2.21. The van der Waals surface area contributed by atoms with E-state index in [1.54, 1.807) is 0 Å². The maximum atomic E-state index is 12.6. The predicted molar refractivity (Wildman–Crippen MR) is 161 cm³/mol. The molecule has 0 radical (unpaired) electrons. The van der Waals surface area contributed by atoms with Gasteiger partial charge in [-0.1, -0.05) is 42.8 Å². The molecule has 0 fully saturated rings. The number of aryl methyl sites for hydroxylation is 1. The standard InChI is InChI=1S/C28H23ClN8O3S2/c1-2-17-3-5-18(6-4-17)26-21(15-30)27(32)34-28(22(26)16-31)41-14-13-25(38)33-19-7-9-20(10-8-19)42(39,40)37-24-12-11-23(29)35-36-24/h3-12H,2,13-14H2,1H3,(H2,32,34)(H,33,38)(H,36,37). The van der Waals surface area contributed by atoms with Crippen molar-refractivity contribution in [2.45, 2.75) is 29.7 Å². The van der Waals surface area contributed by atoms with E-state index in [9.17, 15) is 23.7 Å². The summed E-state index contributed by atoms with van der Waals surface area (Å²) in [7, 11) is -3.93. The average Bonchev–Trinajstić information content (AvgIpc) is 2.98. The van der Waals surface area contributed by atoms with Gasteiger partial charge in [-0.25, -0.2) is 13.4 Å². The molecule has 212 valence electrons. The Hall–Kier alpha value is -4.69. The van der Waals surface area contributed by atoms with Crippen LogP contribution in [0.3, 0.4) is 0 Å². The molecule has 4 aromatic rings. The molecule has 42 heavy (non-hydrogen) atoms. The number of sulfonamides is 1. The molecule has 0 unspecified atom stereocenters. The first-order chi connectivity index (χ1) is 20.1. The van der Waals surface area contributed by atoms with Crippen LogP contribution in [0.5, 0.6) is 0 Å². The van der Waals surface area contributed by atoms with E-state index < -0.39 is 10.0 Å². The number of halogens is 1. The average molecular weight is 619 g/mol. The van der Waals surface area contributed by atoms with E-state index in [1.807, 2.05) is 31.2 Å². The molecule has 2 aromatic carbocycles. The van der Waals surface area contributed by atoms with Gasteiger partial charge in [0.05, 0.1) is 10.5 Å². The lowest BCUT2D eigenvalue weighted by Crippen LogP contribution is -2.15. The molecule has 2 heterocycles. The molecule has 0 aliphatic carbocycles. The lowest BCUT2D eigenvalue weighted by molar-refractivity contribution is -0.115. The van der Waals surface area contributed by atoms with Gasteiger partial charge in [0, 0.05) is 23.4 Å². The minimum atomic E-state index is -3.93. The SMILES string of the molecule is CCc1ccc(-c2c(C#N)c(N)nc(SCCC(=O)Nc3ccc(S(=O)(=O)Nc4ccc(Cl)nn4)cc3)c2C#N)cc1. The van der Waals surface area contributed by atoms with Gasteiger partial charge in [0.2, 0.25) is 5.91 Å². The van der Waals surface area contributed by atoms with Gasteiger partial charge < -0.3 is 11.1 Å². The molecule has 2 aromatic heterocycles. The van der Waals surface area contributed by atoms with Crippen molar-refractivity contribution in [1.82, 2.24) is 15.2 Å². The molecule has 0 atom stereocenters. The van der Waals surface area contributed by atoms with E-state index in [2.05, 4.69) is 37.4 Å². The summed E-state index contributed by atoms with van der Waals surface area (Å²) < 4.78 is 27.5. The van der Waals surface area contributed by atoms with Crippen LogP contribution in [0.25, 0.3) is 11.1 Å². The molecule has 0 aliphatic heterocycles. The van der Waals surface area contributed by atoms with Gasteiger partial charge in [0.15, 0.2) is 11.0 Å². The number of carbonyl (C=O) groups excluding carboxylic acids is 1. The number of nitrogen functional groups attached to an aromatic ring is 1. The molecule has 14 heteroatoms. The Labute approximate surface area is 251 Å². The second kappa shape index (κ2) is 13.3. The maximum Gasteiger partial charge on any atom is 0.263 e. The zero-order valence-corrected chi connectivity index (χ0v) is 24.5. The van der Waals surface area contributed by atoms with Crippen molar-refractivity contribution in [1.29, 1.82) is 10.5 Å². The van der Waals surface area contributed by atoms with Crippen LogP contribution in [-0.4, -0.2) is 35.3 Å². The minimum absolute atomic E-state index is 0.00524. The van der Waals surface area contributed by atoms with E-state index in [-0.39, 0.29) is 50.9 Å². The van der Waals surface area contributed by atoms with Crippen molar-refractivity contribution in [2.75, 3.05) is 21.5 Å². The first-order valence-electron chi connectivity index (χ1n) is 12.4. The van der Waals surface area contributed by atoms with Crippen LogP contribution in [0, 0.1) is 22.7 Å². The summed E-state index contributed by atoms with van der Waals surface area (Å²) in [6, 6.07) is 20.1. The zero-order chi connectivity index (χ0) is 30.3. The number of hydrogen-bond acceptors (Lipinski definition) is 10. The van der Waals surface area contributed by atoms with Crippen molar-refractivity contribution in [3.05, 3.63) is 82.5 Å². The summed E-state index contributed by atoms with van der Waals surface area (Å²) in [6.07, 6.45) is 0.910.